The number of piperidine rings is 1. The third-order valence-corrected chi connectivity index (χ3v) is 4.83. The van der Waals surface area contributed by atoms with Crippen molar-refractivity contribution in [1.29, 1.82) is 0 Å². The van der Waals surface area contributed by atoms with E-state index in [1.54, 1.807) is 0 Å². The van der Waals surface area contributed by atoms with Gasteiger partial charge in [-0.25, -0.2) is 0 Å². The van der Waals surface area contributed by atoms with Gasteiger partial charge in [0.1, 0.15) is 0 Å². The summed E-state index contributed by atoms with van der Waals surface area (Å²) in [5.41, 5.74) is 0. The number of hydrogen-bond acceptors (Lipinski definition) is 1. The van der Waals surface area contributed by atoms with Crippen molar-refractivity contribution < 1.29 is 0 Å². The smallest absolute Gasteiger partial charge is 0.00979 e. The Balaban J connectivity index is 1.76. The topological polar surface area (TPSA) is 3.24 Å². The zero-order valence-corrected chi connectivity index (χ0v) is 10.5. The third-order valence-electron chi connectivity index (χ3n) is 4.83. The molecule has 1 saturated carbocycles. The van der Waals surface area contributed by atoms with E-state index in [0.29, 0.717) is 0 Å². The second-order valence-corrected chi connectivity index (χ2v) is 5.63. The molecule has 1 heterocycles. The van der Waals surface area contributed by atoms with Crippen LogP contribution in [0.1, 0.15) is 58.8 Å². The first-order valence-corrected chi connectivity index (χ1v) is 7.07. The Kier molecular flexibility index (Phi) is 4.07. The van der Waals surface area contributed by atoms with Crippen LogP contribution in [0.4, 0.5) is 0 Å². The second kappa shape index (κ2) is 5.34. The van der Waals surface area contributed by atoms with Crippen molar-refractivity contribution in [3.05, 3.63) is 0 Å². The van der Waals surface area contributed by atoms with Gasteiger partial charge in [0, 0.05) is 6.04 Å². The van der Waals surface area contributed by atoms with Crippen LogP contribution >= 0.6 is 0 Å². The Morgan fingerprint density at radius 2 is 1.53 bits per heavy atom. The van der Waals surface area contributed by atoms with Crippen molar-refractivity contribution in [3.63, 3.8) is 0 Å². The molecule has 2 atom stereocenters. The van der Waals surface area contributed by atoms with E-state index >= 15 is 0 Å². The van der Waals surface area contributed by atoms with Crippen LogP contribution in [-0.4, -0.2) is 24.0 Å². The lowest BCUT2D eigenvalue weighted by atomic mass is 9.93. The van der Waals surface area contributed by atoms with Crippen LogP contribution in [0.5, 0.6) is 0 Å². The molecule has 2 rings (SSSR count). The summed E-state index contributed by atoms with van der Waals surface area (Å²) in [4.78, 5) is 2.79. The van der Waals surface area contributed by atoms with Gasteiger partial charge in [0.25, 0.3) is 0 Å². The second-order valence-electron chi connectivity index (χ2n) is 5.63. The van der Waals surface area contributed by atoms with Crippen molar-refractivity contribution in [2.75, 3.05) is 13.1 Å². The SMILES string of the molecule is CCC1CCN(C2CCC(CC)C2)CC1. The molecule has 1 saturated heterocycles. The van der Waals surface area contributed by atoms with Crippen LogP contribution in [-0.2, 0) is 0 Å². The molecule has 1 aliphatic carbocycles. The molecule has 2 fully saturated rings. The quantitative estimate of drug-likeness (QED) is 0.685. The normalized spacial score (nSPS) is 34.8. The monoisotopic (exact) mass is 209 g/mol. The van der Waals surface area contributed by atoms with Crippen LogP contribution in [0.15, 0.2) is 0 Å². The van der Waals surface area contributed by atoms with Gasteiger partial charge in [-0.05, 0) is 57.0 Å². The van der Waals surface area contributed by atoms with Gasteiger partial charge in [-0.1, -0.05) is 26.7 Å². The van der Waals surface area contributed by atoms with E-state index in [0.717, 1.165) is 17.9 Å². The first kappa shape index (κ1) is 11.4. The van der Waals surface area contributed by atoms with Gasteiger partial charge in [0.2, 0.25) is 0 Å². The van der Waals surface area contributed by atoms with E-state index < -0.39 is 0 Å². The Labute approximate surface area is 95.2 Å². The maximum Gasteiger partial charge on any atom is 0.00979 e. The molecule has 2 unspecified atom stereocenters. The van der Waals surface area contributed by atoms with E-state index in [-0.39, 0.29) is 0 Å². The molecule has 1 nitrogen and oxygen atoms in total. The summed E-state index contributed by atoms with van der Waals surface area (Å²) in [7, 11) is 0. The summed E-state index contributed by atoms with van der Waals surface area (Å²) in [6, 6.07) is 0.952. The van der Waals surface area contributed by atoms with Gasteiger partial charge in [-0.2, -0.15) is 0 Å². The lowest BCUT2D eigenvalue weighted by Crippen LogP contribution is -2.40. The van der Waals surface area contributed by atoms with Crippen LogP contribution in [0.3, 0.4) is 0 Å². The van der Waals surface area contributed by atoms with Gasteiger partial charge in [0.05, 0.1) is 0 Å². The van der Waals surface area contributed by atoms with Gasteiger partial charge in [-0.15, -0.1) is 0 Å². The molecule has 0 spiro atoms. The summed E-state index contributed by atoms with van der Waals surface area (Å²) in [6.07, 6.45) is 10.2. The zero-order chi connectivity index (χ0) is 10.7. The Morgan fingerprint density at radius 1 is 0.867 bits per heavy atom. The minimum Gasteiger partial charge on any atom is -0.300 e. The molecular weight excluding hydrogens is 182 g/mol. The summed E-state index contributed by atoms with van der Waals surface area (Å²) in [5.74, 6) is 2.07. The fourth-order valence-corrected chi connectivity index (χ4v) is 3.48. The lowest BCUT2D eigenvalue weighted by Gasteiger charge is -2.35. The molecule has 1 aliphatic heterocycles. The number of rotatable bonds is 3. The summed E-state index contributed by atoms with van der Waals surface area (Å²) in [5, 5.41) is 0. The molecule has 88 valence electrons. The molecule has 2 aliphatic rings. The van der Waals surface area contributed by atoms with Crippen molar-refractivity contribution >= 4 is 0 Å². The molecule has 0 aromatic heterocycles. The number of hydrogen-bond donors (Lipinski definition) is 0. The molecule has 0 aromatic carbocycles. The molecular formula is C14H27N. The third kappa shape index (κ3) is 2.75. The molecule has 0 N–H and O–H groups in total. The largest absolute Gasteiger partial charge is 0.300 e. The fourth-order valence-electron chi connectivity index (χ4n) is 3.48. The lowest BCUT2D eigenvalue weighted by molar-refractivity contribution is 0.130. The van der Waals surface area contributed by atoms with Crippen LogP contribution in [0, 0.1) is 11.8 Å². The molecule has 0 radical (unpaired) electrons. The summed E-state index contributed by atoms with van der Waals surface area (Å²) >= 11 is 0. The molecule has 0 aromatic rings. The first-order chi connectivity index (χ1) is 7.33. The zero-order valence-electron chi connectivity index (χ0n) is 10.5. The molecule has 1 heteroatoms. The summed E-state index contributed by atoms with van der Waals surface area (Å²) < 4.78 is 0. The predicted molar refractivity (Wildman–Crippen MR) is 66.0 cm³/mol. The van der Waals surface area contributed by atoms with E-state index in [4.69, 9.17) is 0 Å². The first-order valence-electron chi connectivity index (χ1n) is 7.07. The fraction of sp³-hybridized carbons (Fsp3) is 1.00. The Bertz CT molecular complexity index is 182. The van der Waals surface area contributed by atoms with E-state index in [1.165, 1.54) is 58.0 Å². The molecule has 15 heavy (non-hydrogen) atoms. The predicted octanol–water partition coefficient (Wildman–Crippen LogP) is 3.69. The van der Waals surface area contributed by atoms with Gasteiger partial charge < -0.3 is 4.90 Å². The van der Waals surface area contributed by atoms with Crippen LogP contribution < -0.4 is 0 Å². The van der Waals surface area contributed by atoms with E-state index in [1.807, 2.05) is 0 Å². The maximum absolute atomic E-state index is 2.79. The average Bonchev–Trinajstić information content (AvgIpc) is 2.78. The molecule has 0 amide bonds. The highest BCUT2D eigenvalue weighted by Crippen LogP contribution is 2.33. The van der Waals surface area contributed by atoms with Gasteiger partial charge in [-0.3, -0.25) is 0 Å². The maximum atomic E-state index is 2.79. The highest BCUT2D eigenvalue weighted by atomic mass is 15.2. The average molecular weight is 209 g/mol. The minimum atomic E-state index is 0.952. The van der Waals surface area contributed by atoms with Crippen molar-refractivity contribution in [2.24, 2.45) is 11.8 Å². The Morgan fingerprint density at radius 3 is 2.07 bits per heavy atom. The summed E-state index contributed by atoms with van der Waals surface area (Å²) in [6.45, 7) is 7.48. The van der Waals surface area contributed by atoms with Crippen molar-refractivity contribution in [3.8, 4) is 0 Å². The minimum absolute atomic E-state index is 0.952. The number of likely N-dealkylation sites (tertiary alicyclic amines) is 1. The number of nitrogens with zero attached hydrogens (tertiary/aromatic N) is 1. The van der Waals surface area contributed by atoms with Crippen LogP contribution in [0.2, 0.25) is 0 Å². The highest BCUT2D eigenvalue weighted by Gasteiger charge is 2.30. The van der Waals surface area contributed by atoms with Crippen molar-refractivity contribution in [2.45, 2.75) is 64.8 Å². The van der Waals surface area contributed by atoms with Gasteiger partial charge >= 0.3 is 0 Å². The Hall–Kier alpha value is -0.0400. The van der Waals surface area contributed by atoms with E-state index in [2.05, 4.69) is 18.7 Å². The van der Waals surface area contributed by atoms with Crippen molar-refractivity contribution in [1.82, 2.24) is 4.90 Å². The van der Waals surface area contributed by atoms with Gasteiger partial charge in [0.15, 0.2) is 0 Å². The highest BCUT2D eigenvalue weighted by molar-refractivity contribution is 4.85. The molecule has 0 bridgehead atoms. The van der Waals surface area contributed by atoms with Crippen LogP contribution in [0.25, 0.3) is 0 Å². The standard InChI is InChI=1S/C14H27N/c1-3-12-7-9-15(10-8-12)14-6-5-13(4-2)11-14/h12-14H,3-11H2,1-2H3. The van der Waals surface area contributed by atoms with E-state index in [9.17, 15) is 0 Å².